The summed E-state index contributed by atoms with van der Waals surface area (Å²) in [4.78, 5) is 26.4. The van der Waals surface area contributed by atoms with Gasteiger partial charge in [0.05, 0.1) is 5.92 Å². The molecule has 1 aromatic heterocycles. The van der Waals surface area contributed by atoms with E-state index in [1.54, 1.807) is 17.0 Å². The van der Waals surface area contributed by atoms with E-state index in [2.05, 4.69) is 15.5 Å². The number of aromatic nitrogens is 2. The average Bonchev–Trinajstić information content (AvgIpc) is 3.29. The molecule has 142 valence electrons. The molecule has 1 saturated heterocycles. The number of anilines is 2. The normalized spacial score (nSPS) is 16.4. The molecule has 4 rings (SSSR count). The summed E-state index contributed by atoms with van der Waals surface area (Å²) in [6.07, 6.45) is 0.293. The molecule has 7 nitrogen and oxygen atoms in total. The number of nitrogens with one attached hydrogen (secondary N) is 1. The highest BCUT2D eigenvalue weighted by Gasteiger charge is 2.35. The van der Waals surface area contributed by atoms with Crippen LogP contribution in [0.3, 0.4) is 0 Å². The number of nitrogens with zero attached hydrogens (tertiary/aromatic N) is 3. The van der Waals surface area contributed by atoms with E-state index in [4.69, 9.17) is 4.42 Å². The largest absolute Gasteiger partial charge is 0.407 e. The van der Waals surface area contributed by atoms with Crippen molar-refractivity contribution in [1.82, 2.24) is 10.2 Å². The van der Waals surface area contributed by atoms with Gasteiger partial charge in [0.1, 0.15) is 0 Å². The van der Waals surface area contributed by atoms with Crippen LogP contribution in [0.15, 0.2) is 52.9 Å². The van der Waals surface area contributed by atoms with Crippen LogP contribution >= 0.6 is 0 Å². The van der Waals surface area contributed by atoms with E-state index in [-0.39, 0.29) is 23.7 Å². The fourth-order valence-electron chi connectivity index (χ4n) is 3.25. The fourth-order valence-corrected chi connectivity index (χ4v) is 3.25. The van der Waals surface area contributed by atoms with E-state index >= 15 is 0 Å². The molecular formula is C21H20N4O3. The Labute approximate surface area is 162 Å². The number of aryl methyl sites for hydroxylation is 2. The summed E-state index contributed by atoms with van der Waals surface area (Å²) in [5, 5.41) is 10.5. The Kier molecular flexibility index (Phi) is 4.65. The first-order valence-corrected chi connectivity index (χ1v) is 9.08. The molecule has 2 heterocycles. The van der Waals surface area contributed by atoms with Crippen molar-refractivity contribution in [2.24, 2.45) is 0 Å². The van der Waals surface area contributed by atoms with Crippen LogP contribution in [0.4, 0.5) is 11.7 Å². The van der Waals surface area contributed by atoms with Gasteiger partial charge in [-0.2, -0.15) is 0 Å². The second kappa shape index (κ2) is 7.26. The highest BCUT2D eigenvalue weighted by molar-refractivity contribution is 6.03. The molecule has 1 aliphatic rings. The maximum Gasteiger partial charge on any atom is 0.322 e. The Hall–Kier alpha value is -3.48. The lowest BCUT2D eigenvalue weighted by Gasteiger charge is -2.16. The van der Waals surface area contributed by atoms with Crippen molar-refractivity contribution in [1.29, 1.82) is 0 Å². The number of hydrogen-bond donors (Lipinski definition) is 1. The van der Waals surface area contributed by atoms with Gasteiger partial charge in [-0.05, 0) is 38.1 Å². The van der Waals surface area contributed by atoms with Crippen LogP contribution < -0.4 is 10.2 Å². The average molecular weight is 376 g/mol. The van der Waals surface area contributed by atoms with Gasteiger partial charge < -0.3 is 9.32 Å². The third kappa shape index (κ3) is 3.64. The van der Waals surface area contributed by atoms with Gasteiger partial charge in [0, 0.05) is 24.2 Å². The topological polar surface area (TPSA) is 88.3 Å². The summed E-state index contributed by atoms with van der Waals surface area (Å²) in [5.74, 6) is -0.159. The number of carbonyl (C=O) groups is 2. The third-order valence-corrected chi connectivity index (χ3v) is 4.76. The predicted octanol–water partition coefficient (Wildman–Crippen LogP) is 3.46. The summed E-state index contributed by atoms with van der Waals surface area (Å²) in [6.45, 7) is 4.39. The minimum absolute atomic E-state index is 0.0115. The number of benzene rings is 2. The lowest BCUT2D eigenvalue weighted by Crippen LogP contribution is -2.24. The predicted molar refractivity (Wildman–Crippen MR) is 104 cm³/mol. The Morgan fingerprint density at radius 3 is 2.64 bits per heavy atom. The minimum atomic E-state index is -0.317. The number of rotatable bonds is 4. The highest BCUT2D eigenvalue weighted by atomic mass is 16.4. The molecule has 0 unspecified atom stereocenters. The van der Waals surface area contributed by atoms with Crippen LogP contribution in [-0.4, -0.2) is 28.6 Å². The quantitative estimate of drug-likeness (QED) is 0.753. The molecule has 2 amide bonds. The first kappa shape index (κ1) is 17.9. The van der Waals surface area contributed by atoms with Gasteiger partial charge in [-0.3, -0.25) is 14.9 Å². The smallest absolute Gasteiger partial charge is 0.322 e. The molecule has 1 fully saturated rings. The first-order chi connectivity index (χ1) is 13.5. The lowest BCUT2D eigenvalue weighted by atomic mass is 10.1. The Morgan fingerprint density at radius 2 is 1.89 bits per heavy atom. The van der Waals surface area contributed by atoms with Gasteiger partial charge in [-0.25, -0.2) is 0 Å². The van der Waals surface area contributed by atoms with Crippen molar-refractivity contribution in [3.63, 3.8) is 0 Å². The van der Waals surface area contributed by atoms with Gasteiger partial charge in [0.25, 0.3) is 5.91 Å². The summed E-state index contributed by atoms with van der Waals surface area (Å²) in [5.41, 5.74) is 3.49. The van der Waals surface area contributed by atoms with Crippen LogP contribution in [0.5, 0.6) is 0 Å². The van der Waals surface area contributed by atoms with Crippen molar-refractivity contribution >= 4 is 23.5 Å². The van der Waals surface area contributed by atoms with Crippen molar-refractivity contribution in [3.8, 4) is 0 Å². The molecule has 7 heteroatoms. The molecule has 0 saturated carbocycles. The third-order valence-electron chi connectivity index (χ3n) is 4.76. The zero-order chi connectivity index (χ0) is 19.7. The van der Waals surface area contributed by atoms with Gasteiger partial charge in [-0.1, -0.05) is 40.5 Å². The van der Waals surface area contributed by atoms with Crippen molar-refractivity contribution in [2.75, 3.05) is 16.8 Å². The van der Waals surface area contributed by atoms with Gasteiger partial charge in [-0.15, -0.1) is 5.10 Å². The van der Waals surface area contributed by atoms with Gasteiger partial charge in [0.15, 0.2) is 0 Å². The Bertz CT molecular complexity index is 1030. The summed E-state index contributed by atoms with van der Waals surface area (Å²) < 4.78 is 5.61. The zero-order valence-corrected chi connectivity index (χ0v) is 15.7. The van der Waals surface area contributed by atoms with Gasteiger partial charge >= 0.3 is 6.01 Å². The summed E-state index contributed by atoms with van der Waals surface area (Å²) in [7, 11) is 0. The molecular weight excluding hydrogens is 356 g/mol. The SMILES string of the molecule is Cc1ccc(N2C[C@@H](c3nnc(NC(=O)c4cccc(C)c4)o3)CC2=O)cc1. The molecule has 0 aliphatic carbocycles. The molecule has 3 aromatic rings. The fraction of sp³-hybridized carbons (Fsp3) is 0.238. The zero-order valence-electron chi connectivity index (χ0n) is 15.7. The molecule has 0 bridgehead atoms. The van der Waals surface area contributed by atoms with Crippen LogP contribution in [0.25, 0.3) is 0 Å². The Balaban J connectivity index is 1.45. The van der Waals surface area contributed by atoms with E-state index in [1.165, 1.54) is 0 Å². The van der Waals surface area contributed by atoms with E-state index < -0.39 is 0 Å². The van der Waals surface area contributed by atoms with Crippen LogP contribution in [0.2, 0.25) is 0 Å². The Morgan fingerprint density at radius 1 is 1.11 bits per heavy atom. The molecule has 1 aliphatic heterocycles. The van der Waals surface area contributed by atoms with E-state index in [0.717, 1.165) is 16.8 Å². The van der Waals surface area contributed by atoms with Crippen molar-refractivity contribution in [2.45, 2.75) is 26.2 Å². The van der Waals surface area contributed by atoms with Crippen molar-refractivity contribution in [3.05, 3.63) is 71.1 Å². The van der Waals surface area contributed by atoms with E-state index in [9.17, 15) is 9.59 Å². The number of carbonyl (C=O) groups excluding carboxylic acids is 2. The second-order valence-corrected chi connectivity index (χ2v) is 7.01. The maximum atomic E-state index is 12.4. The second-order valence-electron chi connectivity index (χ2n) is 7.01. The minimum Gasteiger partial charge on any atom is -0.407 e. The van der Waals surface area contributed by atoms with Crippen LogP contribution in [-0.2, 0) is 4.79 Å². The molecule has 1 atom stereocenters. The maximum absolute atomic E-state index is 12.4. The molecule has 0 radical (unpaired) electrons. The van der Waals surface area contributed by atoms with E-state index in [1.807, 2.05) is 50.2 Å². The summed E-state index contributed by atoms with van der Waals surface area (Å²) in [6, 6.07) is 15.1. The van der Waals surface area contributed by atoms with Crippen LogP contribution in [0, 0.1) is 13.8 Å². The van der Waals surface area contributed by atoms with Gasteiger partial charge in [0.2, 0.25) is 11.8 Å². The van der Waals surface area contributed by atoms with Crippen LogP contribution in [0.1, 0.15) is 39.7 Å². The highest BCUT2D eigenvalue weighted by Crippen LogP contribution is 2.31. The number of amides is 2. The number of hydrogen-bond acceptors (Lipinski definition) is 5. The standard InChI is InChI=1S/C21H20N4O3/c1-13-6-8-17(9-7-13)25-12-16(11-18(25)26)20-23-24-21(28-20)22-19(27)15-5-3-4-14(2)10-15/h3-10,16H,11-12H2,1-2H3,(H,22,24,27)/t16-/m0/s1. The molecule has 0 spiro atoms. The molecule has 2 aromatic carbocycles. The van der Waals surface area contributed by atoms with Crippen molar-refractivity contribution < 1.29 is 14.0 Å². The molecule has 28 heavy (non-hydrogen) atoms. The van der Waals surface area contributed by atoms with E-state index in [0.29, 0.717) is 24.4 Å². The monoisotopic (exact) mass is 376 g/mol. The lowest BCUT2D eigenvalue weighted by molar-refractivity contribution is -0.117. The first-order valence-electron chi connectivity index (χ1n) is 9.08. The molecule has 1 N–H and O–H groups in total. The summed E-state index contributed by atoms with van der Waals surface area (Å²) >= 11 is 0.